The summed E-state index contributed by atoms with van der Waals surface area (Å²) in [6.45, 7) is 6.96. The van der Waals surface area contributed by atoms with Gasteiger partial charge in [0.05, 0.1) is 13.7 Å². The van der Waals surface area contributed by atoms with Gasteiger partial charge in [0.2, 0.25) is 0 Å². The zero-order valence-electron chi connectivity index (χ0n) is 13.4. The molecule has 0 N–H and O–H groups in total. The molecule has 0 aliphatic heterocycles. The van der Waals surface area contributed by atoms with E-state index in [1.807, 2.05) is 13.0 Å². The Balaban J connectivity index is 2.12. The fourth-order valence-corrected chi connectivity index (χ4v) is 2.49. The first kappa shape index (κ1) is 15.4. The second-order valence-electron chi connectivity index (χ2n) is 5.35. The Morgan fingerprint density at radius 2 is 1.71 bits per heavy atom. The van der Waals surface area contributed by atoms with Crippen molar-refractivity contribution in [1.29, 1.82) is 0 Å². The largest absolute Gasteiger partial charge is 0.493 e. The summed E-state index contributed by atoms with van der Waals surface area (Å²) in [5, 5.41) is 0. The van der Waals surface area contributed by atoms with E-state index in [0.717, 1.165) is 24.3 Å². The van der Waals surface area contributed by atoms with Crippen LogP contribution >= 0.6 is 0 Å². The third kappa shape index (κ3) is 4.01. The monoisotopic (exact) mass is 284 g/mol. The van der Waals surface area contributed by atoms with Crippen LogP contribution < -0.4 is 9.47 Å². The number of hydrogen-bond donors (Lipinski definition) is 0. The van der Waals surface area contributed by atoms with Gasteiger partial charge in [-0.25, -0.2) is 0 Å². The van der Waals surface area contributed by atoms with E-state index >= 15 is 0 Å². The highest BCUT2D eigenvalue weighted by atomic mass is 16.5. The molecule has 0 fully saturated rings. The third-order valence-electron chi connectivity index (χ3n) is 3.72. The SMILES string of the molecule is CCOc1cc(CCc2cc(C)ccc2C)ccc1OC. The van der Waals surface area contributed by atoms with Crippen molar-refractivity contribution in [2.45, 2.75) is 33.6 Å². The topological polar surface area (TPSA) is 18.5 Å². The van der Waals surface area contributed by atoms with Crippen LogP contribution in [0.25, 0.3) is 0 Å². The van der Waals surface area contributed by atoms with Crippen LogP contribution in [0.2, 0.25) is 0 Å². The maximum Gasteiger partial charge on any atom is 0.161 e. The fraction of sp³-hybridized carbons (Fsp3) is 0.368. The molecule has 0 saturated carbocycles. The van der Waals surface area contributed by atoms with Crippen LogP contribution in [0.5, 0.6) is 11.5 Å². The Hall–Kier alpha value is -1.96. The zero-order chi connectivity index (χ0) is 15.2. The van der Waals surface area contributed by atoms with Crippen molar-refractivity contribution in [3.8, 4) is 11.5 Å². The molecule has 2 heteroatoms. The fourth-order valence-electron chi connectivity index (χ4n) is 2.49. The molecule has 0 aliphatic carbocycles. The minimum absolute atomic E-state index is 0.650. The summed E-state index contributed by atoms with van der Waals surface area (Å²) in [7, 11) is 1.67. The van der Waals surface area contributed by atoms with Crippen LogP contribution in [0.15, 0.2) is 36.4 Å². The van der Waals surface area contributed by atoms with Crippen molar-refractivity contribution in [2.24, 2.45) is 0 Å². The highest BCUT2D eigenvalue weighted by Crippen LogP contribution is 2.28. The Bertz CT molecular complexity index is 603. The van der Waals surface area contributed by atoms with Crippen molar-refractivity contribution >= 4 is 0 Å². The summed E-state index contributed by atoms with van der Waals surface area (Å²) >= 11 is 0. The summed E-state index contributed by atoms with van der Waals surface area (Å²) in [5.41, 5.74) is 5.38. The second kappa shape index (κ2) is 7.16. The van der Waals surface area contributed by atoms with Crippen LogP contribution in [-0.2, 0) is 12.8 Å². The zero-order valence-corrected chi connectivity index (χ0v) is 13.4. The van der Waals surface area contributed by atoms with Gasteiger partial charge in [0.15, 0.2) is 11.5 Å². The predicted molar refractivity (Wildman–Crippen MR) is 87.5 cm³/mol. The predicted octanol–water partition coefficient (Wildman–Crippen LogP) is 4.50. The van der Waals surface area contributed by atoms with Gasteiger partial charge in [-0.3, -0.25) is 0 Å². The third-order valence-corrected chi connectivity index (χ3v) is 3.72. The first-order valence-corrected chi connectivity index (χ1v) is 7.50. The lowest BCUT2D eigenvalue weighted by Gasteiger charge is -2.12. The Labute approximate surface area is 127 Å². The van der Waals surface area contributed by atoms with Crippen LogP contribution in [0.1, 0.15) is 29.2 Å². The average molecular weight is 284 g/mol. The normalized spacial score (nSPS) is 10.5. The van der Waals surface area contributed by atoms with E-state index < -0.39 is 0 Å². The molecule has 0 spiro atoms. The quantitative estimate of drug-likeness (QED) is 0.777. The van der Waals surface area contributed by atoms with Crippen LogP contribution in [-0.4, -0.2) is 13.7 Å². The molecule has 2 nitrogen and oxygen atoms in total. The number of rotatable bonds is 6. The van der Waals surface area contributed by atoms with Gasteiger partial charge in [-0.15, -0.1) is 0 Å². The van der Waals surface area contributed by atoms with E-state index in [1.54, 1.807) is 7.11 Å². The van der Waals surface area contributed by atoms with E-state index in [4.69, 9.17) is 9.47 Å². The standard InChI is InChI=1S/C19H24O2/c1-5-21-19-13-16(9-11-18(19)20-4)8-10-17-12-14(2)6-7-15(17)3/h6-7,9,11-13H,5,8,10H2,1-4H3. The summed E-state index contributed by atoms with van der Waals surface area (Å²) in [6, 6.07) is 12.8. The molecule has 2 rings (SSSR count). The molecule has 0 aromatic heterocycles. The van der Waals surface area contributed by atoms with Crippen molar-refractivity contribution in [3.63, 3.8) is 0 Å². The second-order valence-corrected chi connectivity index (χ2v) is 5.35. The lowest BCUT2D eigenvalue weighted by atomic mass is 9.98. The number of benzene rings is 2. The molecule has 21 heavy (non-hydrogen) atoms. The van der Waals surface area contributed by atoms with Gasteiger partial charge in [-0.05, 0) is 62.4 Å². The molecule has 0 aliphatic rings. The van der Waals surface area contributed by atoms with Gasteiger partial charge in [-0.1, -0.05) is 29.8 Å². The van der Waals surface area contributed by atoms with E-state index in [9.17, 15) is 0 Å². The van der Waals surface area contributed by atoms with Crippen LogP contribution in [0.4, 0.5) is 0 Å². The van der Waals surface area contributed by atoms with Gasteiger partial charge < -0.3 is 9.47 Å². The minimum atomic E-state index is 0.650. The van der Waals surface area contributed by atoms with Gasteiger partial charge in [0.25, 0.3) is 0 Å². The lowest BCUT2D eigenvalue weighted by Crippen LogP contribution is -1.99. The first-order chi connectivity index (χ1) is 10.1. The summed E-state index contributed by atoms with van der Waals surface area (Å²) < 4.78 is 11.0. The Morgan fingerprint density at radius 3 is 2.43 bits per heavy atom. The molecule has 0 unspecified atom stereocenters. The molecule has 0 saturated heterocycles. The highest BCUT2D eigenvalue weighted by molar-refractivity contribution is 5.43. The Morgan fingerprint density at radius 1 is 0.905 bits per heavy atom. The van der Waals surface area contributed by atoms with Gasteiger partial charge in [-0.2, -0.15) is 0 Å². The molecule has 0 heterocycles. The van der Waals surface area contributed by atoms with E-state index in [-0.39, 0.29) is 0 Å². The molecular weight excluding hydrogens is 260 g/mol. The number of hydrogen-bond acceptors (Lipinski definition) is 2. The molecule has 0 bridgehead atoms. The van der Waals surface area contributed by atoms with Crippen molar-refractivity contribution in [2.75, 3.05) is 13.7 Å². The van der Waals surface area contributed by atoms with Crippen LogP contribution in [0.3, 0.4) is 0 Å². The summed E-state index contributed by atoms with van der Waals surface area (Å²) in [5.74, 6) is 1.63. The molecule has 2 aromatic carbocycles. The van der Waals surface area contributed by atoms with Crippen molar-refractivity contribution < 1.29 is 9.47 Å². The Kier molecular flexibility index (Phi) is 5.26. The van der Waals surface area contributed by atoms with Gasteiger partial charge >= 0.3 is 0 Å². The molecule has 0 atom stereocenters. The number of aryl methyl sites for hydroxylation is 4. The smallest absolute Gasteiger partial charge is 0.161 e. The average Bonchev–Trinajstić information content (AvgIpc) is 2.49. The molecule has 0 amide bonds. The molecule has 0 radical (unpaired) electrons. The lowest BCUT2D eigenvalue weighted by molar-refractivity contribution is 0.310. The van der Waals surface area contributed by atoms with Gasteiger partial charge in [0, 0.05) is 0 Å². The maximum absolute atomic E-state index is 5.64. The van der Waals surface area contributed by atoms with E-state index in [1.165, 1.54) is 22.3 Å². The number of ether oxygens (including phenoxy) is 2. The summed E-state index contributed by atoms with van der Waals surface area (Å²) in [4.78, 5) is 0. The summed E-state index contributed by atoms with van der Waals surface area (Å²) in [6.07, 6.45) is 2.06. The highest BCUT2D eigenvalue weighted by Gasteiger charge is 2.06. The first-order valence-electron chi connectivity index (χ1n) is 7.50. The van der Waals surface area contributed by atoms with Gasteiger partial charge in [0.1, 0.15) is 0 Å². The number of methoxy groups -OCH3 is 1. The van der Waals surface area contributed by atoms with Crippen LogP contribution in [0, 0.1) is 13.8 Å². The van der Waals surface area contributed by atoms with Crippen molar-refractivity contribution in [3.05, 3.63) is 58.7 Å². The molecule has 112 valence electrons. The minimum Gasteiger partial charge on any atom is -0.493 e. The van der Waals surface area contributed by atoms with E-state index in [0.29, 0.717) is 6.61 Å². The van der Waals surface area contributed by atoms with E-state index in [2.05, 4.69) is 44.2 Å². The molecule has 2 aromatic rings. The van der Waals surface area contributed by atoms with Crippen molar-refractivity contribution in [1.82, 2.24) is 0 Å². The maximum atomic E-state index is 5.64. The molecular formula is C19H24O2.